The van der Waals surface area contributed by atoms with Gasteiger partial charge in [-0.05, 0) is 6.92 Å². The zero-order chi connectivity index (χ0) is 12.7. The Morgan fingerprint density at radius 3 is 2.94 bits per heavy atom. The number of guanidine groups is 1. The van der Waals surface area contributed by atoms with Crippen LogP contribution in [0.3, 0.4) is 0 Å². The molecule has 0 spiro atoms. The van der Waals surface area contributed by atoms with Crippen molar-refractivity contribution < 1.29 is 0 Å². The first-order chi connectivity index (χ1) is 8.13. The van der Waals surface area contributed by atoms with Crippen molar-refractivity contribution in [3.63, 3.8) is 0 Å². The van der Waals surface area contributed by atoms with Gasteiger partial charge in [0, 0.05) is 19.5 Å². The van der Waals surface area contributed by atoms with Gasteiger partial charge < -0.3 is 15.6 Å². The Morgan fingerprint density at radius 2 is 2.33 bits per heavy atom. The maximum Gasteiger partial charge on any atom is 0.188 e. The molecule has 1 heterocycles. The zero-order valence-corrected chi connectivity index (χ0v) is 13.2. The zero-order valence-electron chi connectivity index (χ0n) is 10.9. The average molecular weight is 364 g/mol. The van der Waals surface area contributed by atoms with Gasteiger partial charge in [-0.2, -0.15) is 0 Å². The van der Waals surface area contributed by atoms with Gasteiger partial charge in [-0.15, -0.1) is 34.2 Å². The van der Waals surface area contributed by atoms with Gasteiger partial charge in [-0.25, -0.2) is 4.99 Å². The third-order valence-corrected chi connectivity index (χ3v) is 2.19. The second-order valence-electron chi connectivity index (χ2n) is 3.88. The van der Waals surface area contributed by atoms with Crippen molar-refractivity contribution in [3.05, 3.63) is 24.3 Å². The molecule has 7 heteroatoms. The van der Waals surface area contributed by atoms with Crippen LogP contribution in [0, 0.1) is 0 Å². The fourth-order valence-electron chi connectivity index (χ4n) is 1.32. The van der Waals surface area contributed by atoms with E-state index >= 15 is 0 Å². The molecule has 1 aromatic heterocycles. The number of nitrogens with two attached hydrogens (primary N) is 1. The molecule has 6 nitrogen and oxygen atoms in total. The topological polar surface area (TPSA) is 81.1 Å². The van der Waals surface area contributed by atoms with E-state index < -0.39 is 0 Å². The Kier molecular flexibility index (Phi) is 8.34. The molecular formula is C11H21IN6. The summed E-state index contributed by atoms with van der Waals surface area (Å²) in [5.74, 6) is 1.42. The molecular weight excluding hydrogens is 343 g/mol. The Labute approximate surface area is 125 Å². The molecule has 0 saturated heterocycles. The van der Waals surface area contributed by atoms with Gasteiger partial charge in [0.1, 0.15) is 12.2 Å². The molecule has 0 aliphatic carbocycles. The lowest BCUT2D eigenvalue weighted by atomic mass is 10.4. The van der Waals surface area contributed by atoms with Crippen LogP contribution >= 0.6 is 24.0 Å². The van der Waals surface area contributed by atoms with E-state index in [9.17, 15) is 0 Å². The van der Waals surface area contributed by atoms with Crippen molar-refractivity contribution in [3.8, 4) is 0 Å². The van der Waals surface area contributed by atoms with Gasteiger partial charge in [-0.3, -0.25) is 0 Å². The highest BCUT2D eigenvalue weighted by molar-refractivity contribution is 14.0. The molecule has 0 aliphatic rings. The van der Waals surface area contributed by atoms with E-state index in [0.29, 0.717) is 19.0 Å². The maximum atomic E-state index is 5.69. The number of aromatic nitrogens is 3. The van der Waals surface area contributed by atoms with E-state index in [1.807, 2.05) is 11.5 Å². The molecule has 102 valence electrons. The lowest BCUT2D eigenvalue weighted by Crippen LogP contribution is -2.34. The molecule has 3 N–H and O–H groups in total. The van der Waals surface area contributed by atoms with Gasteiger partial charge in [0.05, 0.1) is 6.54 Å². The third kappa shape index (κ3) is 5.99. The quantitative estimate of drug-likeness (QED) is 0.341. The summed E-state index contributed by atoms with van der Waals surface area (Å²) in [6.45, 7) is 9.77. The number of halogens is 1. The van der Waals surface area contributed by atoms with Crippen molar-refractivity contribution in [2.75, 3.05) is 13.1 Å². The predicted molar refractivity (Wildman–Crippen MR) is 84.1 cm³/mol. The lowest BCUT2D eigenvalue weighted by Gasteiger charge is -2.07. The van der Waals surface area contributed by atoms with Crippen LogP contribution in [0.4, 0.5) is 0 Å². The fourth-order valence-corrected chi connectivity index (χ4v) is 1.32. The Morgan fingerprint density at radius 1 is 1.61 bits per heavy atom. The average Bonchev–Trinajstić information content (AvgIpc) is 2.74. The highest BCUT2D eigenvalue weighted by Gasteiger charge is 2.00. The summed E-state index contributed by atoms with van der Waals surface area (Å²) < 4.78 is 2.00. The molecule has 0 unspecified atom stereocenters. The molecule has 1 aromatic rings. The van der Waals surface area contributed by atoms with Crippen LogP contribution in [0.15, 0.2) is 23.5 Å². The Bertz CT molecular complexity index is 398. The van der Waals surface area contributed by atoms with Gasteiger partial charge in [-0.1, -0.05) is 19.1 Å². The van der Waals surface area contributed by atoms with Crippen LogP contribution in [0.5, 0.6) is 0 Å². The molecule has 18 heavy (non-hydrogen) atoms. The molecule has 0 radical (unpaired) electrons. The summed E-state index contributed by atoms with van der Waals surface area (Å²) in [5, 5.41) is 10.9. The van der Waals surface area contributed by atoms with Crippen LogP contribution in [-0.2, 0) is 13.0 Å². The van der Waals surface area contributed by atoms with E-state index in [0.717, 1.165) is 24.4 Å². The van der Waals surface area contributed by atoms with Gasteiger partial charge in [0.25, 0.3) is 0 Å². The molecule has 0 aromatic carbocycles. The number of nitrogens with zero attached hydrogens (tertiary/aromatic N) is 4. The molecule has 0 bridgehead atoms. The molecule has 1 rings (SSSR count). The minimum absolute atomic E-state index is 0. The van der Waals surface area contributed by atoms with Crippen molar-refractivity contribution in [2.24, 2.45) is 10.7 Å². The monoisotopic (exact) mass is 364 g/mol. The summed E-state index contributed by atoms with van der Waals surface area (Å²) in [5.41, 5.74) is 6.68. The molecule has 0 aliphatic heterocycles. The van der Waals surface area contributed by atoms with E-state index in [-0.39, 0.29) is 24.0 Å². The van der Waals surface area contributed by atoms with Gasteiger partial charge >= 0.3 is 0 Å². The number of hydrogen-bond donors (Lipinski definition) is 2. The molecule has 0 fully saturated rings. The minimum atomic E-state index is 0. The number of rotatable bonds is 6. The minimum Gasteiger partial charge on any atom is -0.370 e. The van der Waals surface area contributed by atoms with E-state index in [4.69, 9.17) is 5.73 Å². The summed E-state index contributed by atoms with van der Waals surface area (Å²) in [6.07, 6.45) is 2.60. The Hall–Kier alpha value is -1.12. The standard InChI is InChI=1S/C11H20N6.HI/c1-4-10-16-15-8-17(10)6-5-13-11(12)14-7-9(2)3;/h8H,2,4-7H2,1,3H3,(H3,12,13,14);1H. The van der Waals surface area contributed by atoms with Gasteiger partial charge in [0.2, 0.25) is 0 Å². The molecule has 0 amide bonds. The fraction of sp³-hybridized carbons (Fsp3) is 0.545. The first-order valence-corrected chi connectivity index (χ1v) is 5.68. The van der Waals surface area contributed by atoms with Crippen molar-refractivity contribution >= 4 is 29.9 Å². The number of aliphatic imine (C=N–C) groups is 1. The highest BCUT2D eigenvalue weighted by Crippen LogP contribution is 1.94. The van der Waals surface area contributed by atoms with Crippen LogP contribution in [0.1, 0.15) is 19.7 Å². The smallest absolute Gasteiger partial charge is 0.188 e. The van der Waals surface area contributed by atoms with Crippen LogP contribution in [-0.4, -0.2) is 33.8 Å². The number of nitrogens with one attached hydrogen (secondary N) is 1. The third-order valence-electron chi connectivity index (χ3n) is 2.19. The largest absolute Gasteiger partial charge is 0.370 e. The summed E-state index contributed by atoms with van der Waals surface area (Å²) >= 11 is 0. The van der Waals surface area contributed by atoms with Crippen LogP contribution in [0.2, 0.25) is 0 Å². The first kappa shape index (κ1) is 16.9. The van der Waals surface area contributed by atoms with E-state index in [1.165, 1.54) is 0 Å². The first-order valence-electron chi connectivity index (χ1n) is 5.68. The second kappa shape index (κ2) is 8.90. The maximum absolute atomic E-state index is 5.69. The molecule has 0 atom stereocenters. The van der Waals surface area contributed by atoms with Crippen molar-refractivity contribution in [2.45, 2.75) is 26.8 Å². The van der Waals surface area contributed by atoms with Crippen molar-refractivity contribution in [1.82, 2.24) is 20.1 Å². The second-order valence-corrected chi connectivity index (χ2v) is 3.88. The van der Waals surface area contributed by atoms with Crippen molar-refractivity contribution in [1.29, 1.82) is 0 Å². The van der Waals surface area contributed by atoms with Gasteiger partial charge in [0.15, 0.2) is 5.96 Å². The normalized spacial score (nSPS) is 10.9. The van der Waals surface area contributed by atoms with Crippen LogP contribution in [0.25, 0.3) is 0 Å². The summed E-state index contributed by atoms with van der Waals surface area (Å²) in [4.78, 5) is 4.13. The van der Waals surface area contributed by atoms with E-state index in [1.54, 1.807) is 6.33 Å². The SMILES string of the molecule is C=C(C)CN=C(N)NCCn1cnnc1CC.I. The van der Waals surface area contributed by atoms with Crippen LogP contribution < -0.4 is 11.1 Å². The number of hydrogen-bond acceptors (Lipinski definition) is 3. The molecule has 0 saturated carbocycles. The Balaban J connectivity index is 0.00000289. The summed E-state index contributed by atoms with van der Waals surface area (Å²) in [6, 6.07) is 0. The highest BCUT2D eigenvalue weighted by atomic mass is 127. The predicted octanol–water partition coefficient (Wildman–Crippen LogP) is 0.939. The van der Waals surface area contributed by atoms with E-state index in [2.05, 4.69) is 34.0 Å². The summed E-state index contributed by atoms with van der Waals surface area (Å²) in [7, 11) is 0. The number of aryl methyl sites for hydroxylation is 1. The lowest BCUT2D eigenvalue weighted by molar-refractivity contribution is 0.638.